The maximum absolute atomic E-state index is 12.9. The van der Waals surface area contributed by atoms with E-state index in [1.165, 1.54) is 0 Å². The van der Waals surface area contributed by atoms with Crippen molar-refractivity contribution < 1.29 is 9.53 Å². The number of rotatable bonds is 4. The van der Waals surface area contributed by atoms with E-state index in [0.29, 0.717) is 18.7 Å². The van der Waals surface area contributed by atoms with Crippen molar-refractivity contribution in [3.05, 3.63) is 48.2 Å². The molecular weight excluding hydrogens is 340 g/mol. The van der Waals surface area contributed by atoms with Gasteiger partial charge >= 0.3 is 0 Å². The Morgan fingerprint density at radius 2 is 1.81 bits per heavy atom. The molecule has 0 radical (unpaired) electrons. The standard InChI is InChI=1S/C21H28N4O2/c1-21(2,3)23-19-15-16(9-10-22-19)20(26)25-13-11-24(12-14-25)17-7-5-6-8-18(17)27-4/h5-10,15H,11-14H2,1-4H3,(H,22,23). The molecular formula is C21H28N4O2. The monoisotopic (exact) mass is 368 g/mol. The molecule has 1 saturated heterocycles. The van der Waals surface area contributed by atoms with Gasteiger partial charge in [-0.05, 0) is 45.0 Å². The first-order valence-electron chi connectivity index (χ1n) is 9.29. The molecule has 27 heavy (non-hydrogen) atoms. The van der Waals surface area contributed by atoms with Crippen LogP contribution in [0.15, 0.2) is 42.6 Å². The molecule has 0 spiro atoms. The highest BCUT2D eigenvalue weighted by molar-refractivity contribution is 5.95. The second-order valence-corrected chi connectivity index (χ2v) is 7.76. The van der Waals surface area contributed by atoms with Crippen molar-refractivity contribution in [1.29, 1.82) is 0 Å². The predicted octanol–water partition coefficient (Wildman–Crippen LogP) is 3.26. The van der Waals surface area contributed by atoms with Crippen LogP contribution in [0.25, 0.3) is 0 Å². The fraction of sp³-hybridized carbons (Fsp3) is 0.429. The summed E-state index contributed by atoms with van der Waals surface area (Å²) in [5, 5.41) is 3.32. The minimum atomic E-state index is -0.102. The number of carbonyl (C=O) groups is 1. The number of anilines is 2. The minimum absolute atomic E-state index is 0.0500. The van der Waals surface area contributed by atoms with Gasteiger partial charge in [0, 0.05) is 43.5 Å². The largest absolute Gasteiger partial charge is 0.495 e. The molecule has 1 aromatic carbocycles. The van der Waals surface area contributed by atoms with E-state index in [1.807, 2.05) is 29.2 Å². The number of ether oxygens (including phenoxy) is 1. The van der Waals surface area contributed by atoms with E-state index in [-0.39, 0.29) is 11.4 Å². The summed E-state index contributed by atoms with van der Waals surface area (Å²) in [5.74, 6) is 1.64. The number of pyridine rings is 1. The van der Waals surface area contributed by atoms with Crippen molar-refractivity contribution in [2.45, 2.75) is 26.3 Å². The molecule has 6 nitrogen and oxygen atoms in total. The lowest BCUT2D eigenvalue weighted by atomic mass is 10.1. The van der Waals surface area contributed by atoms with E-state index in [9.17, 15) is 4.79 Å². The van der Waals surface area contributed by atoms with Crippen LogP contribution in [-0.2, 0) is 0 Å². The quantitative estimate of drug-likeness (QED) is 0.898. The molecule has 2 aromatic rings. The molecule has 0 saturated carbocycles. The van der Waals surface area contributed by atoms with Gasteiger partial charge in [0.15, 0.2) is 0 Å². The fourth-order valence-corrected chi connectivity index (χ4v) is 3.24. The van der Waals surface area contributed by atoms with Crippen LogP contribution in [-0.4, -0.2) is 54.6 Å². The normalized spacial score (nSPS) is 14.8. The second-order valence-electron chi connectivity index (χ2n) is 7.76. The van der Waals surface area contributed by atoms with Crippen LogP contribution in [0.1, 0.15) is 31.1 Å². The lowest BCUT2D eigenvalue weighted by molar-refractivity contribution is 0.0746. The van der Waals surface area contributed by atoms with Crippen molar-refractivity contribution in [3.63, 3.8) is 0 Å². The third kappa shape index (κ3) is 4.70. The molecule has 1 N–H and O–H groups in total. The van der Waals surface area contributed by atoms with Crippen LogP contribution in [0.3, 0.4) is 0 Å². The molecule has 0 aliphatic carbocycles. The summed E-state index contributed by atoms with van der Waals surface area (Å²) in [7, 11) is 1.69. The molecule has 1 aromatic heterocycles. The van der Waals surface area contributed by atoms with Gasteiger partial charge < -0.3 is 19.9 Å². The first-order valence-corrected chi connectivity index (χ1v) is 9.29. The summed E-state index contributed by atoms with van der Waals surface area (Å²) >= 11 is 0. The van der Waals surface area contributed by atoms with Crippen molar-refractivity contribution >= 4 is 17.4 Å². The van der Waals surface area contributed by atoms with Gasteiger partial charge in [0.2, 0.25) is 0 Å². The Morgan fingerprint density at radius 3 is 2.48 bits per heavy atom. The lowest BCUT2D eigenvalue weighted by Gasteiger charge is -2.36. The van der Waals surface area contributed by atoms with Crippen molar-refractivity contribution in [2.24, 2.45) is 0 Å². The summed E-state index contributed by atoms with van der Waals surface area (Å²) in [6.45, 7) is 9.14. The second kappa shape index (κ2) is 7.86. The molecule has 1 fully saturated rings. The SMILES string of the molecule is COc1ccccc1N1CCN(C(=O)c2ccnc(NC(C)(C)C)c2)CC1. The number of nitrogens with one attached hydrogen (secondary N) is 1. The predicted molar refractivity (Wildman–Crippen MR) is 109 cm³/mol. The number of nitrogens with zero attached hydrogens (tertiary/aromatic N) is 3. The van der Waals surface area contributed by atoms with Crippen molar-refractivity contribution in [3.8, 4) is 5.75 Å². The highest BCUT2D eigenvalue weighted by Gasteiger charge is 2.24. The Morgan fingerprint density at radius 1 is 1.11 bits per heavy atom. The number of benzene rings is 1. The van der Waals surface area contributed by atoms with Gasteiger partial charge in [-0.25, -0.2) is 4.98 Å². The Labute approximate surface area is 161 Å². The van der Waals surface area contributed by atoms with Gasteiger partial charge in [-0.2, -0.15) is 0 Å². The van der Waals surface area contributed by atoms with Crippen LogP contribution in [0.4, 0.5) is 11.5 Å². The Hall–Kier alpha value is -2.76. The highest BCUT2D eigenvalue weighted by Crippen LogP contribution is 2.28. The van der Waals surface area contributed by atoms with Gasteiger partial charge in [0.1, 0.15) is 11.6 Å². The Balaban J connectivity index is 1.66. The third-order valence-corrected chi connectivity index (χ3v) is 4.50. The zero-order valence-corrected chi connectivity index (χ0v) is 16.5. The van der Waals surface area contributed by atoms with Crippen LogP contribution < -0.4 is 15.0 Å². The minimum Gasteiger partial charge on any atom is -0.495 e. The molecule has 6 heteroatoms. The van der Waals surface area contributed by atoms with Gasteiger partial charge in [0.25, 0.3) is 5.91 Å². The smallest absolute Gasteiger partial charge is 0.254 e. The molecule has 1 aliphatic rings. The zero-order valence-electron chi connectivity index (χ0n) is 16.5. The van der Waals surface area contributed by atoms with Crippen LogP contribution in [0.5, 0.6) is 5.75 Å². The molecule has 0 atom stereocenters. The van der Waals surface area contributed by atoms with Crippen molar-refractivity contribution in [1.82, 2.24) is 9.88 Å². The summed E-state index contributed by atoms with van der Waals surface area (Å²) in [5.41, 5.74) is 1.64. The summed E-state index contributed by atoms with van der Waals surface area (Å²) < 4.78 is 5.46. The van der Waals surface area contributed by atoms with E-state index in [4.69, 9.17) is 4.74 Å². The molecule has 1 amide bonds. The molecule has 1 aliphatic heterocycles. The van der Waals surface area contributed by atoms with Gasteiger partial charge in [-0.3, -0.25) is 4.79 Å². The Kier molecular flexibility index (Phi) is 5.54. The summed E-state index contributed by atoms with van der Waals surface area (Å²) in [6, 6.07) is 11.6. The molecule has 0 bridgehead atoms. The zero-order chi connectivity index (χ0) is 19.4. The number of para-hydroxylation sites is 2. The van der Waals surface area contributed by atoms with Crippen molar-refractivity contribution in [2.75, 3.05) is 43.5 Å². The van der Waals surface area contributed by atoms with E-state index in [2.05, 4.69) is 42.0 Å². The Bertz CT molecular complexity index is 793. The summed E-state index contributed by atoms with van der Waals surface area (Å²) in [6.07, 6.45) is 1.69. The van der Waals surface area contributed by atoms with E-state index in [0.717, 1.165) is 30.3 Å². The molecule has 0 unspecified atom stereocenters. The number of aromatic nitrogens is 1. The van der Waals surface area contributed by atoms with E-state index >= 15 is 0 Å². The lowest BCUT2D eigenvalue weighted by Crippen LogP contribution is -2.48. The fourth-order valence-electron chi connectivity index (χ4n) is 3.24. The van der Waals surface area contributed by atoms with Gasteiger partial charge in [-0.1, -0.05) is 12.1 Å². The third-order valence-electron chi connectivity index (χ3n) is 4.50. The number of amides is 1. The number of methoxy groups -OCH3 is 1. The van der Waals surface area contributed by atoms with Gasteiger partial charge in [0.05, 0.1) is 12.8 Å². The van der Waals surface area contributed by atoms with Crippen LogP contribution in [0.2, 0.25) is 0 Å². The number of carbonyl (C=O) groups excluding carboxylic acids is 1. The molecule has 144 valence electrons. The maximum Gasteiger partial charge on any atom is 0.254 e. The van der Waals surface area contributed by atoms with Gasteiger partial charge in [-0.15, -0.1) is 0 Å². The molecule has 2 heterocycles. The first kappa shape index (κ1) is 19.0. The summed E-state index contributed by atoms with van der Waals surface area (Å²) in [4.78, 5) is 21.4. The maximum atomic E-state index is 12.9. The molecule has 3 rings (SSSR count). The topological polar surface area (TPSA) is 57.7 Å². The van der Waals surface area contributed by atoms with E-state index < -0.39 is 0 Å². The number of piperazine rings is 1. The first-order chi connectivity index (χ1) is 12.9. The van der Waals surface area contributed by atoms with Crippen LogP contribution in [0, 0.1) is 0 Å². The van der Waals surface area contributed by atoms with E-state index in [1.54, 1.807) is 19.4 Å². The number of hydrogen-bond donors (Lipinski definition) is 1. The highest BCUT2D eigenvalue weighted by atomic mass is 16.5. The van der Waals surface area contributed by atoms with Crippen LogP contribution >= 0.6 is 0 Å². The average Bonchev–Trinajstić information content (AvgIpc) is 2.66. The number of hydrogen-bond acceptors (Lipinski definition) is 5. The average molecular weight is 368 g/mol.